The van der Waals surface area contributed by atoms with Crippen molar-refractivity contribution in [3.8, 4) is 0 Å². The number of nitrogens with zero attached hydrogens (tertiary/aromatic N) is 4. The lowest BCUT2D eigenvalue weighted by Gasteiger charge is -2.01. The van der Waals surface area contributed by atoms with Crippen LogP contribution in [0.5, 0.6) is 0 Å². The molecule has 10 heteroatoms. The minimum Gasteiger partial charge on any atom is -0.439 e. The van der Waals surface area contributed by atoms with Crippen LogP contribution in [0.25, 0.3) is 44.1 Å². The van der Waals surface area contributed by atoms with Crippen molar-refractivity contribution in [1.82, 2.24) is 13.7 Å². The van der Waals surface area contributed by atoms with Crippen LogP contribution in [0.3, 0.4) is 0 Å². The summed E-state index contributed by atoms with van der Waals surface area (Å²) in [5.41, 5.74) is -1.03. The van der Waals surface area contributed by atoms with Crippen LogP contribution in [0.4, 0.5) is 0 Å². The van der Waals surface area contributed by atoms with Crippen LogP contribution >= 0.6 is 0 Å². The van der Waals surface area contributed by atoms with Crippen molar-refractivity contribution in [1.29, 1.82) is 0 Å². The number of hydrogen-bond acceptors (Lipinski definition) is 6. The minimum atomic E-state index is -0.506. The van der Waals surface area contributed by atoms with Crippen LogP contribution in [0.1, 0.15) is 0 Å². The SMILES string of the molecule is Cn1c(=O)c2c3ccc4oc5c(c(=O)n(C)c(=O)[n+]5C)c4cc3oc2n(C)c1=O. The highest BCUT2D eigenvalue weighted by Gasteiger charge is 2.24. The summed E-state index contributed by atoms with van der Waals surface area (Å²) in [4.78, 5) is 49.8. The number of hydrogen-bond donors (Lipinski definition) is 0. The fraction of sp³-hybridized carbons (Fsp3) is 0.211. The van der Waals surface area contributed by atoms with Gasteiger partial charge in [0.15, 0.2) is 5.39 Å². The van der Waals surface area contributed by atoms with Crippen molar-refractivity contribution in [2.75, 3.05) is 0 Å². The zero-order valence-electron chi connectivity index (χ0n) is 16.0. The van der Waals surface area contributed by atoms with Crippen LogP contribution in [-0.2, 0) is 28.2 Å². The first-order chi connectivity index (χ1) is 13.7. The van der Waals surface area contributed by atoms with Crippen molar-refractivity contribution in [2.24, 2.45) is 28.2 Å². The van der Waals surface area contributed by atoms with Gasteiger partial charge in [0, 0.05) is 24.9 Å². The summed E-state index contributed by atoms with van der Waals surface area (Å²) in [7, 11) is 5.82. The maximum atomic E-state index is 12.7. The molecule has 0 unspecified atom stereocenters. The molecule has 0 amide bonds. The van der Waals surface area contributed by atoms with Crippen molar-refractivity contribution in [3.63, 3.8) is 0 Å². The van der Waals surface area contributed by atoms with Crippen LogP contribution in [0.2, 0.25) is 0 Å². The second kappa shape index (κ2) is 5.31. The molecule has 0 atom stereocenters. The molecule has 0 radical (unpaired) electrons. The van der Waals surface area contributed by atoms with Crippen LogP contribution in [0.15, 0.2) is 46.2 Å². The average Bonchev–Trinajstić information content (AvgIpc) is 3.20. The van der Waals surface area contributed by atoms with Crippen molar-refractivity contribution in [2.45, 2.75) is 0 Å². The molecule has 0 saturated carbocycles. The topological polar surface area (TPSA) is 113 Å². The van der Waals surface area contributed by atoms with Gasteiger partial charge in [-0.15, -0.1) is 0 Å². The van der Waals surface area contributed by atoms with E-state index in [2.05, 4.69) is 0 Å². The van der Waals surface area contributed by atoms with Gasteiger partial charge in [0.05, 0.1) is 14.1 Å². The molecule has 29 heavy (non-hydrogen) atoms. The number of aryl methyl sites for hydroxylation is 2. The van der Waals surface area contributed by atoms with E-state index in [1.165, 1.54) is 37.3 Å². The smallest absolute Gasteiger partial charge is 0.439 e. The van der Waals surface area contributed by atoms with Gasteiger partial charge in [0.1, 0.15) is 16.6 Å². The summed E-state index contributed by atoms with van der Waals surface area (Å²) >= 11 is 0. The molecular formula is C19H15N4O6+. The summed E-state index contributed by atoms with van der Waals surface area (Å²) in [6.07, 6.45) is 0. The first-order valence-corrected chi connectivity index (χ1v) is 8.70. The lowest BCUT2D eigenvalue weighted by atomic mass is 10.2. The monoisotopic (exact) mass is 395 g/mol. The highest BCUT2D eigenvalue weighted by molar-refractivity contribution is 6.09. The van der Waals surface area contributed by atoms with Gasteiger partial charge in [0.25, 0.3) is 5.56 Å². The maximum Gasteiger partial charge on any atom is 0.503 e. The van der Waals surface area contributed by atoms with Gasteiger partial charge in [-0.1, -0.05) is 0 Å². The first-order valence-electron chi connectivity index (χ1n) is 8.70. The highest BCUT2D eigenvalue weighted by atomic mass is 16.4. The van der Waals surface area contributed by atoms with E-state index in [-0.39, 0.29) is 22.2 Å². The van der Waals surface area contributed by atoms with E-state index < -0.39 is 22.5 Å². The number of aromatic nitrogens is 4. The largest absolute Gasteiger partial charge is 0.503 e. The molecule has 0 aliphatic carbocycles. The van der Waals surface area contributed by atoms with Gasteiger partial charge in [-0.25, -0.2) is 9.59 Å². The maximum absolute atomic E-state index is 12.7. The predicted molar refractivity (Wildman–Crippen MR) is 104 cm³/mol. The van der Waals surface area contributed by atoms with E-state index in [0.717, 1.165) is 9.13 Å². The summed E-state index contributed by atoms with van der Waals surface area (Å²) in [5.74, 6) is 0. The normalized spacial score (nSPS) is 12.0. The molecule has 5 rings (SSSR count). The van der Waals surface area contributed by atoms with Gasteiger partial charge in [-0.2, -0.15) is 13.9 Å². The summed E-state index contributed by atoms with van der Waals surface area (Å²) in [6.45, 7) is 0. The van der Waals surface area contributed by atoms with Crippen LogP contribution in [-0.4, -0.2) is 13.7 Å². The molecule has 0 bridgehead atoms. The lowest BCUT2D eigenvalue weighted by molar-refractivity contribution is -0.671. The van der Waals surface area contributed by atoms with Gasteiger partial charge >= 0.3 is 22.7 Å². The molecule has 0 N–H and O–H groups in total. The molecule has 10 nitrogen and oxygen atoms in total. The highest BCUT2D eigenvalue weighted by Crippen LogP contribution is 2.30. The Bertz CT molecular complexity index is 1780. The molecule has 4 heterocycles. The lowest BCUT2D eigenvalue weighted by Crippen LogP contribution is -2.54. The molecule has 1 aromatic carbocycles. The molecule has 146 valence electrons. The predicted octanol–water partition coefficient (Wildman–Crippen LogP) is -0.234. The minimum absolute atomic E-state index is 0.139. The van der Waals surface area contributed by atoms with Gasteiger partial charge in [-0.3, -0.25) is 13.9 Å². The molecule has 4 aromatic heterocycles. The van der Waals surface area contributed by atoms with Gasteiger partial charge in [-0.05, 0) is 18.2 Å². The second-order valence-corrected chi connectivity index (χ2v) is 7.01. The van der Waals surface area contributed by atoms with Crippen LogP contribution < -0.4 is 27.1 Å². The zero-order valence-corrected chi connectivity index (χ0v) is 16.0. The van der Waals surface area contributed by atoms with Gasteiger partial charge < -0.3 is 8.83 Å². The fourth-order valence-electron chi connectivity index (χ4n) is 3.75. The number of furan rings is 2. The van der Waals surface area contributed by atoms with Crippen LogP contribution in [0, 0.1) is 0 Å². The molecule has 0 spiro atoms. The average molecular weight is 395 g/mol. The van der Waals surface area contributed by atoms with E-state index in [1.54, 1.807) is 18.2 Å². The molecule has 0 aliphatic rings. The van der Waals surface area contributed by atoms with E-state index in [0.29, 0.717) is 21.9 Å². The van der Waals surface area contributed by atoms with Crippen molar-refractivity contribution in [3.05, 3.63) is 59.9 Å². The Morgan fingerprint density at radius 2 is 1.48 bits per heavy atom. The van der Waals surface area contributed by atoms with E-state index in [4.69, 9.17) is 8.83 Å². The van der Waals surface area contributed by atoms with E-state index >= 15 is 0 Å². The Kier molecular flexibility index (Phi) is 3.14. The third-order valence-corrected chi connectivity index (χ3v) is 5.38. The number of fused-ring (bicyclic) bond motifs is 6. The van der Waals surface area contributed by atoms with E-state index in [1.807, 2.05) is 0 Å². The Morgan fingerprint density at radius 3 is 2.21 bits per heavy atom. The quantitative estimate of drug-likeness (QED) is 0.335. The Labute approximate surface area is 160 Å². The zero-order chi connectivity index (χ0) is 20.8. The number of rotatable bonds is 0. The molecule has 5 aromatic rings. The summed E-state index contributed by atoms with van der Waals surface area (Å²) < 4.78 is 16.1. The fourth-order valence-corrected chi connectivity index (χ4v) is 3.75. The van der Waals surface area contributed by atoms with Gasteiger partial charge in [0.2, 0.25) is 5.71 Å². The molecular weight excluding hydrogens is 380 g/mol. The molecule has 0 aliphatic heterocycles. The molecule has 0 saturated heterocycles. The van der Waals surface area contributed by atoms with Crippen molar-refractivity contribution < 1.29 is 13.4 Å². The second-order valence-electron chi connectivity index (χ2n) is 7.01. The third-order valence-electron chi connectivity index (χ3n) is 5.38. The summed E-state index contributed by atoms with van der Waals surface area (Å²) in [6, 6.07) is 4.84. The Hall–Kier alpha value is -3.95. The molecule has 0 fully saturated rings. The summed E-state index contributed by atoms with van der Waals surface area (Å²) in [5, 5.41) is 1.40. The van der Waals surface area contributed by atoms with E-state index in [9.17, 15) is 19.2 Å². The third kappa shape index (κ3) is 1.97. The standard InChI is InChI=1S/C19H15N4O6/c1-20-14(24)12-8-5-6-10-9(7-11(8)29-16(12)22(3)18(20)26)13-15(25)21(2)19(27)23(4)17(13)28-10/h5-7H,1-4H3/q+1. The Balaban J connectivity index is 2.09. The Morgan fingerprint density at radius 1 is 0.793 bits per heavy atom. The van der Waals surface area contributed by atoms with Crippen molar-refractivity contribution >= 4 is 44.1 Å². The first kappa shape index (κ1) is 17.2.